The van der Waals surface area contributed by atoms with Crippen molar-refractivity contribution < 1.29 is 24.5 Å². The van der Waals surface area contributed by atoms with Crippen LogP contribution in [0.1, 0.15) is 367 Å². The highest BCUT2D eigenvalue weighted by molar-refractivity contribution is 5.76. The van der Waals surface area contributed by atoms with Gasteiger partial charge in [0.05, 0.1) is 25.4 Å². The van der Waals surface area contributed by atoms with E-state index in [2.05, 4.69) is 43.5 Å². The molecule has 0 heterocycles. The van der Waals surface area contributed by atoms with Crippen molar-refractivity contribution in [2.24, 2.45) is 0 Å². The Morgan fingerprint density at radius 1 is 0.384 bits per heavy atom. The van der Waals surface area contributed by atoms with Crippen molar-refractivity contribution in [2.75, 3.05) is 13.2 Å². The molecular formula is C67H129NO5. The summed E-state index contributed by atoms with van der Waals surface area (Å²) < 4.78 is 5.47. The molecule has 0 saturated carbocycles. The van der Waals surface area contributed by atoms with Gasteiger partial charge in [0.2, 0.25) is 5.91 Å². The topological polar surface area (TPSA) is 95.9 Å². The molecule has 0 saturated heterocycles. The van der Waals surface area contributed by atoms with Crippen LogP contribution >= 0.6 is 0 Å². The van der Waals surface area contributed by atoms with Crippen LogP contribution in [0.2, 0.25) is 0 Å². The second-order valence-corrected chi connectivity index (χ2v) is 22.8. The van der Waals surface area contributed by atoms with E-state index in [-0.39, 0.29) is 18.5 Å². The van der Waals surface area contributed by atoms with Gasteiger partial charge in [-0.1, -0.05) is 321 Å². The third-order valence-electron chi connectivity index (χ3n) is 15.5. The number of aliphatic hydroxyl groups excluding tert-OH is 2. The predicted octanol–water partition coefficient (Wildman–Crippen LogP) is 21.0. The van der Waals surface area contributed by atoms with Gasteiger partial charge in [-0.2, -0.15) is 0 Å². The van der Waals surface area contributed by atoms with E-state index in [1.807, 2.05) is 0 Å². The Hall–Kier alpha value is -1.66. The smallest absolute Gasteiger partial charge is 0.305 e. The molecule has 0 bridgehead atoms. The van der Waals surface area contributed by atoms with Crippen LogP contribution in [-0.4, -0.2) is 47.4 Å². The minimum atomic E-state index is -0.661. The van der Waals surface area contributed by atoms with E-state index in [9.17, 15) is 19.8 Å². The number of nitrogens with one attached hydrogen (secondary N) is 1. The number of unbranched alkanes of at least 4 members (excludes halogenated alkanes) is 47. The largest absolute Gasteiger partial charge is 0.466 e. The Kier molecular flexibility index (Phi) is 61.4. The molecule has 1 amide bonds. The van der Waals surface area contributed by atoms with Gasteiger partial charge in [-0.3, -0.25) is 9.59 Å². The molecule has 2 unspecified atom stereocenters. The van der Waals surface area contributed by atoms with Gasteiger partial charge in [0.15, 0.2) is 0 Å². The molecule has 0 rings (SSSR count). The van der Waals surface area contributed by atoms with E-state index in [1.54, 1.807) is 0 Å². The van der Waals surface area contributed by atoms with Crippen molar-refractivity contribution in [2.45, 2.75) is 379 Å². The first kappa shape index (κ1) is 71.3. The van der Waals surface area contributed by atoms with Crippen LogP contribution in [0.5, 0.6) is 0 Å². The van der Waals surface area contributed by atoms with E-state index in [0.29, 0.717) is 25.9 Å². The van der Waals surface area contributed by atoms with Gasteiger partial charge in [0, 0.05) is 12.8 Å². The van der Waals surface area contributed by atoms with Gasteiger partial charge < -0.3 is 20.3 Å². The third kappa shape index (κ3) is 59.4. The number of hydrogen-bond acceptors (Lipinski definition) is 5. The minimum Gasteiger partial charge on any atom is -0.466 e. The molecule has 0 aliphatic heterocycles. The monoisotopic (exact) mass is 1030 g/mol. The van der Waals surface area contributed by atoms with Crippen molar-refractivity contribution in [3.8, 4) is 0 Å². The first-order chi connectivity index (χ1) is 36.0. The van der Waals surface area contributed by atoms with E-state index >= 15 is 0 Å². The molecule has 73 heavy (non-hydrogen) atoms. The van der Waals surface area contributed by atoms with Crippen molar-refractivity contribution in [3.05, 3.63) is 24.3 Å². The highest BCUT2D eigenvalue weighted by Crippen LogP contribution is 2.18. The summed E-state index contributed by atoms with van der Waals surface area (Å²) in [6, 6.07) is -0.538. The Morgan fingerprint density at radius 3 is 1.04 bits per heavy atom. The average molecular weight is 1030 g/mol. The molecule has 0 aromatic rings. The molecule has 0 fully saturated rings. The van der Waals surface area contributed by atoms with Crippen LogP contribution in [0.3, 0.4) is 0 Å². The molecule has 0 spiro atoms. The molecule has 6 heteroatoms. The van der Waals surface area contributed by atoms with Gasteiger partial charge in [-0.15, -0.1) is 0 Å². The lowest BCUT2D eigenvalue weighted by molar-refractivity contribution is -0.143. The van der Waals surface area contributed by atoms with E-state index in [0.717, 1.165) is 44.9 Å². The number of carbonyl (C=O) groups excluding carboxylic acids is 2. The van der Waals surface area contributed by atoms with Crippen molar-refractivity contribution in [3.63, 3.8) is 0 Å². The summed E-state index contributed by atoms with van der Waals surface area (Å²) in [7, 11) is 0. The van der Waals surface area contributed by atoms with Crippen LogP contribution in [0.4, 0.5) is 0 Å². The number of hydrogen-bond donors (Lipinski definition) is 3. The number of aliphatic hydroxyl groups is 2. The fourth-order valence-corrected chi connectivity index (χ4v) is 10.4. The number of carbonyl (C=O) groups is 2. The SMILES string of the molecule is CCCCCCCCCCCCCCC(=O)OCCCCCCCCCCC/C=C\C/C=C\CCCCCCCCCCCCCCCCCCCC(=O)NC(CO)C(O)CCCCCCCCCCCCC. The van der Waals surface area contributed by atoms with Crippen LogP contribution < -0.4 is 5.32 Å². The van der Waals surface area contributed by atoms with Crippen LogP contribution in [0.25, 0.3) is 0 Å². The molecule has 0 aromatic heterocycles. The summed E-state index contributed by atoms with van der Waals surface area (Å²) in [5, 5.41) is 23.2. The molecular weight excluding hydrogens is 899 g/mol. The summed E-state index contributed by atoms with van der Waals surface area (Å²) in [6.45, 7) is 4.96. The van der Waals surface area contributed by atoms with Crippen molar-refractivity contribution in [1.82, 2.24) is 5.32 Å². The van der Waals surface area contributed by atoms with Gasteiger partial charge in [0.25, 0.3) is 0 Å². The Balaban J connectivity index is 3.36. The van der Waals surface area contributed by atoms with Crippen LogP contribution in [0.15, 0.2) is 24.3 Å². The second kappa shape index (κ2) is 62.9. The number of amides is 1. The molecule has 2 atom stereocenters. The number of esters is 1. The number of allylic oxidation sites excluding steroid dienone is 4. The van der Waals surface area contributed by atoms with Gasteiger partial charge >= 0.3 is 5.97 Å². The zero-order valence-corrected chi connectivity index (χ0v) is 49.4. The normalized spacial score (nSPS) is 12.7. The maximum absolute atomic E-state index is 12.5. The van der Waals surface area contributed by atoms with Crippen LogP contribution in [0, 0.1) is 0 Å². The number of ether oxygens (including phenoxy) is 1. The van der Waals surface area contributed by atoms with E-state index < -0.39 is 12.1 Å². The van der Waals surface area contributed by atoms with Gasteiger partial charge in [0.1, 0.15) is 0 Å². The third-order valence-corrected chi connectivity index (χ3v) is 15.5. The predicted molar refractivity (Wildman–Crippen MR) is 320 cm³/mol. The molecule has 0 aliphatic carbocycles. The zero-order valence-electron chi connectivity index (χ0n) is 49.4. The lowest BCUT2D eigenvalue weighted by atomic mass is 10.0. The minimum absolute atomic E-state index is 0.0152. The first-order valence-electron chi connectivity index (χ1n) is 33.1. The van der Waals surface area contributed by atoms with E-state index in [4.69, 9.17) is 4.74 Å². The zero-order chi connectivity index (χ0) is 52.9. The highest BCUT2D eigenvalue weighted by atomic mass is 16.5. The lowest BCUT2D eigenvalue weighted by Crippen LogP contribution is -2.45. The summed E-state index contributed by atoms with van der Waals surface area (Å²) in [6.07, 6.45) is 77.9. The highest BCUT2D eigenvalue weighted by Gasteiger charge is 2.20. The molecule has 6 nitrogen and oxygen atoms in total. The number of rotatable bonds is 62. The molecule has 3 N–H and O–H groups in total. The van der Waals surface area contributed by atoms with E-state index in [1.165, 1.54) is 289 Å². The average Bonchev–Trinajstić information content (AvgIpc) is 3.39. The molecule has 0 radical (unpaired) electrons. The maximum atomic E-state index is 12.5. The summed E-state index contributed by atoms with van der Waals surface area (Å²) >= 11 is 0. The Bertz CT molecular complexity index is 1140. The molecule has 432 valence electrons. The van der Waals surface area contributed by atoms with Crippen molar-refractivity contribution >= 4 is 11.9 Å². The standard InChI is InChI=1S/C67H129NO5/c1-3-5-7-9-11-13-15-41-45-49-53-57-61-67(72)73-62-58-54-50-46-42-38-36-34-32-30-28-26-24-22-20-18-16-17-19-21-23-25-27-29-31-33-35-37-40-44-48-52-56-60-66(71)68-64(63-69)65(70)59-55-51-47-43-39-14-12-10-8-6-4-2/h20,22,26,28,64-65,69-70H,3-19,21,23-25,27,29-63H2,1-2H3,(H,68,71)/b22-20-,28-26-. The summed E-state index contributed by atoms with van der Waals surface area (Å²) in [5.41, 5.74) is 0. The van der Waals surface area contributed by atoms with Crippen molar-refractivity contribution in [1.29, 1.82) is 0 Å². The van der Waals surface area contributed by atoms with Gasteiger partial charge in [-0.25, -0.2) is 0 Å². The summed E-state index contributed by atoms with van der Waals surface area (Å²) in [5.74, 6) is -0.0174. The summed E-state index contributed by atoms with van der Waals surface area (Å²) in [4.78, 5) is 24.5. The fraction of sp³-hybridized carbons (Fsp3) is 0.910. The molecule has 0 aliphatic rings. The molecule has 0 aromatic carbocycles. The second-order valence-electron chi connectivity index (χ2n) is 22.8. The first-order valence-corrected chi connectivity index (χ1v) is 33.1. The fourth-order valence-electron chi connectivity index (χ4n) is 10.4. The Morgan fingerprint density at radius 2 is 0.685 bits per heavy atom. The Labute approximate surface area is 456 Å². The van der Waals surface area contributed by atoms with Gasteiger partial charge in [-0.05, 0) is 57.8 Å². The van der Waals surface area contributed by atoms with Crippen LogP contribution in [-0.2, 0) is 14.3 Å². The quantitative estimate of drug-likeness (QED) is 0.0320. The maximum Gasteiger partial charge on any atom is 0.305 e. The lowest BCUT2D eigenvalue weighted by Gasteiger charge is -2.22.